The van der Waals surface area contributed by atoms with Gasteiger partial charge in [-0.25, -0.2) is 4.39 Å². The Balaban J connectivity index is 2.94. The number of benzene rings is 1. The monoisotopic (exact) mass is 253 g/mol. The molecule has 0 saturated heterocycles. The summed E-state index contributed by atoms with van der Waals surface area (Å²) in [6.07, 6.45) is 0. The van der Waals surface area contributed by atoms with Crippen molar-refractivity contribution in [2.75, 3.05) is 32.1 Å². The number of anilines is 1. The van der Waals surface area contributed by atoms with E-state index >= 15 is 0 Å². The van der Waals surface area contributed by atoms with Crippen molar-refractivity contribution in [2.24, 2.45) is 5.73 Å². The van der Waals surface area contributed by atoms with Crippen molar-refractivity contribution in [3.8, 4) is 0 Å². The molecule has 1 atom stereocenters. The Morgan fingerprint density at radius 3 is 2.44 bits per heavy atom. The van der Waals surface area contributed by atoms with E-state index in [9.17, 15) is 4.39 Å². The highest BCUT2D eigenvalue weighted by molar-refractivity contribution is 5.50. The van der Waals surface area contributed by atoms with Crippen LogP contribution in [0.25, 0.3) is 0 Å². The number of likely N-dealkylation sites (N-methyl/N-ethyl adjacent to an activating group) is 2. The average Bonchev–Trinajstić information content (AvgIpc) is 2.31. The summed E-state index contributed by atoms with van der Waals surface area (Å²) < 4.78 is 14.1. The molecule has 0 aliphatic heterocycles. The van der Waals surface area contributed by atoms with Crippen molar-refractivity contribution in [1.82, 2.24) is 4.90 Å². The predicted octanol–water partition coefficient (Wildman–Crippen LogP) is 2.06. The number of hydrogen-bond donors (Lipinski definition) is 1. The van der Waals surface area contributed by atoms with Gasteiger partial charge in [-0.1, -0.05) is 6.07 Å². The maximum Gasteiger partial charge on any atom is 0.146 e. The number of halogens is 1. The predicted molar refractivity (Wildman–Crippen MR) is 75.3 cm³/mol. The number of hydrogen-bond acceptors (Lipinski definition) is 3. The third-order valence-electron chi connectivity index (χ3n) is 3.06. The van der Waals surface area contributed by atoms with E-state index in [0.29, 0.717) is 12.2 Å². The molecule has 18 heavy (non-hydrogen) atoms. The molecular weight excluding hydrogens is 229 g/mol. The first-order valence-corrected chi connectivity index (χ1v) is 6.39. The molecule has 0 aliphatic rings. The van der Waals surface area contributed by atoms with E-state index in [1.165, 1.54) is 6.07 Å². The van der Waals surface area contributed by atoms with Crippen molar-refractivity contribution >= 4 is 5.69 Å². The summed E-state index contributed by atoms with van der Waals surface area (Å²) in [5, 5.41) is 0. The molecule has 0 bridgehead atoms. The summed E-state index contributed by atoms with van der Waals surface area (Å²) in [6, 6.07) is 5.51. The van der Waals surface area contributed by atoms with Crippen LogP contribution in [0, 0.1) is 5.82 Å². The smallest absolute Gasteiger partial charge is 0.146 e. The van der Waals surface area contributed by atoms with E-state index in [1.807, 2.05) is 33.2 Å². The standard InChI is InChI=1S/C14H24FN3/c1-5-18(11(2)10-17(3)4)14-7-6-12(9-16)8-13(14)15/h6-8,11H,5,9-10,16H2,1-4H3. The number of nitrogens with two attached hydrogens (primary N) is 1. The summed E-state index contributed by atoms with van der Waals surface area (Å²) in [5.74, 6) is -0.189. The largest absolute Gasteiger partial charge is 0.365 e. The molecule has 0 heterocycles. The summed E-state index contributed by atoms with van der Waals surface area (Å²) in [6.45, 7) is 6.21. The second kappa shape index (κ2) is 6.71. The lowest BCUT2D eigenvalue weighted by Crippen LogP contribution is -2.40. The number of rotatable bonds is 6. The van der Waals surface area contributed by atoms with Crippen LogP contribution in [0.5, 0.6) is 0 Å². The molecule has 2 N–H and O–H groups in total. The van der Waals surface area contributed by atoms with E-state index in [4.69, 9.17) is 5.73 Å². The molecule has 0 radical (unpaired) electrons. The SMILES string of the molecule is CCN(c1ccc(CN)cc1F)C(C)CN(C)C. The highest BCUT2D eigenvalue weighted by Gasteiger charge is 2.17. The van der Waals surface area contributed by atoms with Gasteiger partial charge in [0.2, 0.25) is 0 Å². The van der Waals surface area contributed by atoms with Gasteiger partial charge < -0.3 is 15.5 Å². The van der Waals surface area contributed by atoms with E-state index in [2.05, 4.69) is 16.7 Å². The van der Waals surface area contributed by atoms with Crippen LogP contribution < -0.4 is 10.6 Å². The van der Waals surface area contributed by atoms with Gasteiger partial charge in [0.1, 0.15) is 5.82 Å². The lowest BCUT2D eigenvalue weighted by atomic mass is 10.1. The molecule has 1 aromatic carbocycles. The zero-order chi connectivity index (χ0) is 13.7. The molecular formula is C14H24FN3. The second-order valence-corrected chi connectivity index (χ2v) is 4.89. The van der Waals surface area contributed by atoms with Crippen LogP contribution in [-0.4, -0.2) is 38.1 Å². The fourth-order valence-corrected chi connectivity index (χ4v) is 2.26. The first-order chi connectivity index (χ1) is 8.49. The number of nitrogens with zero attached hydrogens (tertiary/aromatic N) is 2. The fourth-order valence-electron chi connectivity index (χ4n) is 2.26. The van der Waals surface area contributed by atoms with Gasteiger partial charge in [-0.05, 0) is 45.6 Å². The van der Waals surface area contributed by atoms with Gasteiger partial charge in [-0.15, -0.1) is 0 Å². The van der Waals surface area contributed by atoms with Gasteiger partial charge in [0.15, 0.2) is 0 Å². The molecule has 1 unspecified atom stereocenters. The Labute approximate surface area is 109 Å². The van der Waals surface area contributed by atoms with Gasteiger partial charge in [0.25, 0.3) is 0 Å². The highest BCUT2D eigenvalue weighted by atomic mass is 19.1. The fraction of sp³-hybridized carbons (Fsp3) is 0.571. The summed E-state index contributed by atoms with van der Waals surface area (Å²) in [4.78, 5) is 4.19. The third kappa shape index (κ3) is 3.68. The van der Waals surface area contributed by atoms with Crippen LogP contribution in [-0.2, 0) is 6.54 Å². The van der Waals surface area contributed by atoms with Gasteiger partial charge in [-0.3, -0.25) is 0 Å². The van der Waals surface area contributed by atoms with Gasteiger partial charge in [0.05, 0.1) is 5.69 Å². The van der Waals surface area contributed by atoms with Crippen LogP contribution in [0.15, 0.2) is 18.2 Å². The normalized spacial score (nSPS) is 12.8. The Morgan fingerprint density at radius 2 is 2.00 bits per heavy atom. The van der Waals surface area contributed by atoms with Crippen molar-refractivity contribution in [3.63, 3.8) is 0 Å². The topological polar surface area (TPSA) is 32.5 Å². The highest BCUT2D eigenvalue weighted by Crippen LogP contribution is 2.22. The lowest BCUT2D eigenvalue weighted by molar-refractivity contribution is 0.371. The first kappa shape index (κ1) is 14.9. The molecule has 3 nitrogen and oxygen atoms in total. The Morgan fingerprint density at radius 1 is 1.33 bits per heavy atom. The second-order valence-electron chi connectivity index (χ2n) is 4.89. The van der Waals surface area contributed by atoms with Crippen LogP contribution in [0.2, 0.25) is 0 Å². The molecule has 0 aliphatic carbocycles. The van der Waals surface area contributed by atoms with Crippen LogP contribution in [0.1, 0.15) is 19.4 Å². The average molecular weight is 253 g/mol. The zero-order valence-electron chi connectivity index (χ0n) is 11.8. The van der Waals surface area contributed by atoms with Crippen LogP contribution in [0.3, 0.4) is 0 Å². The molecule has 0 saturated carbocycles. The summed E-state index contributed by atoms with van der Waals surface area (Å²) in [7, 11) is 4.05. The molecule has 4 heteroatoms. The Bertz CT molecular complexity index is 379. The molecule has 1 aromatic rings. The molecule has 0 fully saturated rings. The Kier molecular flexibility index (Phi) is 5.56. The molecule has 102 valence electrons. The maximum atomic E-state index is 14.1. The zero-order valence-corrected chi connectivity index (χ0v) is 11.8. The minimum atomic E-state index is -0.189. The third-order valence-corrected chi connectivity index (χ3v) is 3.06. The molecule has 0 spiro atoms. The van der Waals surface area contributed by atoms with E-state index in [-0.39, 0.29) is 11.9 Å². The van der Waals surface area contributed by atoms with Gasteiger partial charge in [-0.2, -0.15) is 0 Å². The van der Waals surface area contributed by atoms with E-state index in [0.717, 1.165) is 18.7 Å². The van der Waals surface area contributed by atoms with E-state index < -0.39 is 0 Å². The van der Waals surface area contributed by atoms with Crippen LogP contribution >= 0.6 is 0 Å². The summed E-state index contributed by atoms with van der Waals surface area (Å²) >= 11 is 0. The molecule has 0 amide bonds. The van der Waals surface area contributed by atoms with Crippen molar-refractivity contribution in [1.29, 1.82) is 0 Å². The van der Waals surface area contributed by atoms with Crippen molar-refractivity contribution in [2.45, 2.75) is 26.4 Å². The molecule has 1 rings (SSSR count). The minimum Gasteiger partial charge on any atom is -0.365 e. The van der Waals surface area contributed by atoms with Crippen molar-refractivity contribution < 1.29 is 4.39 Å². The minimum absolute atomic E-state index is 0.189. The molecule has 0 aromatic heterocycles. The quantitative estimate of drug-likeness (QED) is 0.842. The maximum absolute atomic E-state index is 14.1. The van der Waals surface area contributed by atoms with Crippen molar-refractivity contribution in [3.05, 3.63) is 29.6 Å². The van der Waals surface area contributed by atoms with Gasteiger partial charge >= 0.3 is 0 Å². The van der Waals surface area contributed by atoms with E-state index in [1.54, 1.807) is 0 Å². The Hall–Kier alpha value is -1.13. The van der Waals surface area contributed by atoms with Crippen LogP contribution in [0.4, 0.5) is 10.1 Å². The summed E-state index contributed by atoms with van der Waals surface area (Å²) in [5.41, 5.74) is 7.00. The lowest BCUT2D eigenvalue weighted by Gasteiger charge is -2.32. The first-order valence-electron chi connectivity index (χ1n) is 6.39. The van der Waals surface area contributed by atoms with Gasteiger partial charge in [0, 0.05) is 25.7 Å².